The number of thiophene rings is 1. The molecule has 0 radical (unpaired) electrons. The zero-order valence-electron chi connectivity index (χ0n) is 17.7. The van der Waals surface area contributed by atoms with Gasteiger partial charge in [-0.2, -0.15) is 0 Å². The molecule has 3 heterocycles. The number of benzene rings is 2. The van der Waals surface area contributed by atoms with E-state index in [1.807, 2.05) is 29.6 Å². The molecule has 0 spiro atoms. The van der Waals surface area contributed by atoms with Crippen molar-refractivity contribution in [2.24, 2.45) is 4.99 Å². The third kappa shape index (κ3) is 3.24. The van der Waals surface area contributed by atoms with E-state index in [9.17, 15) is 20.0 Å². The molecule has 34 heavy (non-hydrogen) atoms. The Morgan fingerprint density at radius 2 is 2.00 bits per heavy atom. The molecule has 1 atom stereocenters. The van der Waals surface area contributed by atoms with Gasteiger partial charge >= 0.3 is 5.69 Å². The quantitative estimate of drug-likeness (QED) is 0.349. The highest BCUT2D eigenvalue weighted by Crippen LogP contribution is 2.42. The number of aromatic hydroxyl groups is 1. The minimum atomic E-state index is -0.642. The van der Waals surface area contributed by atoms with E-state index in [2.05, 4.69) is 12.1 Å². The summed E-state index contributed by atoms with van der Waals surface area (Å²) in [6.07, 6.45) is 3.35. The zero-order chi connectivity index (χ0) is 23.4. The average Bonchev–Trinajstić information content (AvgIpc) is 3.47. The molecule has 2 aromatic carbocycles. The molecule has 2 aliphatic rings. The number of aryl methyl sites for hydroxylation is 1. The number of nitrogens with zero attached hydrogens (tertiary/aromatic N) is 3. The SMILES string of the molecule is O=c1/c(=C/c2ccc(O)c([N+](=O)[O-])c2)sc2n1[C@@H](c1cccs1)C1=C(N=2)c2ccccc2CC1. The number of rotatable bonds is 3. The third-order valence-corrected chi connectivity index (χ3v) is 8.09. The number of nitro groups is 1. The van der Waals surface area contributed by atoms with Crippen LogP contribution in [0.3, 0.4) is 0 Å². The van der Waals surface area contributed by atoms with Crippen LogP contribution in [0, 0.1) is 10.1 Å². The molecule has 0 bridgehead atoms. The Balaban J connectivity index is 1.59. The van der Waals surface area contributed by atoms with Crippen LogP contribution in [0.15, 0.2) is 75.3 Å². The van der Waals surface area contributed by atoms with Crippen molar-refractivity contribution in [1.29, 1.82) is 0 Å². The molecule has 1 N–H and O–H groups in total. The topological polar surface area (TPSA) is 97.7 Å². The maximum Gasteiger partial charge on any atom is 0.311 e. The number of phenolic OH excluding ortho intramolecular Hbond substituents is 1. The van der Waals surface area contributed by atoms with E-state index < -0.39 is 16.4 Å². The molecular weight excluding hydrogens is 470 g/mol. The highest BCUT2D eigenvalue weighted by molar-refractivity contribution is 7.10. The molecule has 168 valence electrons. The monoisotopic (exact) mass is 487 g/mol. The van der Waals surface area contributed by atoms with Crippen LogP contribution in [0.5, 0.6) is 5.75 Å². The Morgan fingerprint density at radius 3 is 2.79 bits per heavy atom. The van der Waals surface area contributed by atoms with Gasteiger partial charge in [0.05, 0.1) is 21.2 Å². The summed E-state index contributed by atoms with van der Waals surface area (Å²) in [4.78, 5) is 30.8. The minimum Gasteiger partial charge on any atom is -0.502 e. The van der Waals surface area contributed by atoms with Crippen molar-refractivity contribution < 1.29 is 10.0 Å². The average molecular weight is 488 g/mol. The summed E-state index contributed by atoms with van der Waals surface area (Å²) in [5.74, 6) is -0.410. The molecule has 9 heteroatoms. The van der Waals surface area contributed by atoms with Gasteiger partial charge in [-0.1, -0.05) is 47.7 Å². The molecular formula is C25H17N3O4S2. The van der Waals surface area contributed by atoms with Crippen molar-refractivity contribution in [3.63, 3.8) is 0 Å². The Kier molecular flexibility index (Phi) is 4.82. The second-order valence-corrected chi connectivity index (χ2v) is 10.1. The van der Waals surface area contributed by atoms with E-state index in [-0.39, 0.29) is 11.6 Å². The predicted octanol–water partition coefficient (Wildman–Crippen LogP) is 3.99. The molecule has 6 rings (SSSR count). The van der Waals surface area contributed by atoms with E-state index in [1.165, 1.54) is 29.0 Å². The standard InChI is InChI=1S/C25H17N3O4S2/c29-19-10-7-14(12-18(19)28(31)32)13-21-24(30)27-23(20-6-3-11-33-20)17-9-8-15-4-1-2-5-16(15)22(17)26-25(27)34-21/h1-7,10-13,23,29H,8-9H2/b21-13-/t23-/m1/s1. The first-order valence-electron chi connectivity index (χ1n) is 10.6. The fourth-order valence-electron chi connectivity index (χ4n) is 4.65. The van der Waals surface area contributed by atoms with Gasteiger partial charge in [0, 0.05) is 16.5 Å². The van der Waals surface area contributed by atoms with Crippen LogP contribution < -0.4 is 14.9 Å². The minimum absolute atomic E-state index is 0.178. The lowest BCUT2D eigenvalue weighted by Gasteiger charge is -2.30. The zero-order valence-corrected chi connectivity index (χ0v) is 19.3. The van der Waals surface area contributed by atoms with Crippen molar-refractivity contribution in [2.45, 2.75) is 18.9 Å². The Bertz CT molecular complexity index is 1680. The van der Waals surface area contributed by atoms with E-state index >= 15 is 0 Å². The van der Waals surface area contributed by atoms with Crippen LogP contribution in [-0.4, -0.2) is 14.6 Å². The van der Waals surface area contributed by atoms with Gasteiger partial charge < -0.3 is 5.11 Å². The first-order valence-corrected chi connectivity index (χ1v) is 12.3. The van der Waals surface area contributed by atoms with Crippen LogP contribution in [0.1, 0.15) is 34.0 Å². The number of phenols is 1. The first kappa shape index (κ1) is 20.8. The lowest BCUT2D eigenvalue weighted by atomic mass is 9.85. The molecule has 0 saturated carbocycles. The van der Waals surface area contributed by atoms with Crippen molar-refractivity contribution in [1.82, 2.24) is 4.57 Å². The van der Waals surface area contributed by atoms with Crippen molar-refractivity contribution >= 4 is 40.1 Å². The van der Waals surface area contributed by atoms with Gasteiger partial charge in [0.25, 0.3) is 5.56 Å². The smallest absolute Gasteiger partial charge is 0.311 e. The summed E-state index contributed by atoms with van der Waals surface area (Å²) in [6, 6.07) is 16.2. The summed E-state index contributed by atoms with van der Waals surface area (Å²) in [5.41, 5.74) is 4.33. The molecule has 1 aliphatic carbocycles. The summed E-state index contributed by atoms with van der Waals surface area (Å²) in [7, 11) is 0. The Hall–Kier alpha value is -3.82. The van der Waals surface area contributed by atoms with Gasteiger partial charge in [0.1, 0.15) is 0 Å². The second kappa shape index (κ2) is 7.89. The van der Waals surface area contributed by atoms with Gasteiger partial charge in [0.15, 0.2) is 10.6 Å². The van der Waals surface area contributed by atoms with E-state index in [1.54, 1.807) is 28.0 Å². The van der Waals surface area contributed by atoms with Gasteiger partial charge in [0.2, 0.25) is 0 Å². The predicted molar refractivity (Wildman–Crippen MR) is 132 cm³/mol. The molecule has 2 aromatic heterocycles. The number of allylic oxidation sites excluding steroid dienone is 1. The molecule has 0 saturated heterocycles. The highest BCUT2D eigenvalue weighted by Gasteiger charge is 2.33. The van der Waals surface area contributed by atoms with Crippen molar-refractivity contribution in [3.05, 3.63) is 117 Å². The lowest BCUT2D eigenvalue weighted by Crippen LogP contribution is -2.38. The number of hydrogen-bond acceptors (Lipinski definition) is 7. The number of thiazole rings is 1. The number of fused-ring (bicyclic) bond motifs is 3. The van der Waals surface area contributed by atoms with Crippen LogP contribution in [0.4, 0.5) is 5.69 Å². The summed E-state index contributed by atoms with van der Waals surface area (Å²) < 4.78 is 2.19. The maximum absolute atomic E-state index is 13.6. The van der Waals surface area contributed by atoms with Crippen LogP contribution in [-0.2, 0) is 6.42 Å². The van der Waals surface area contributed by atoms with Gasteiger partial charge in [-0.25, -0.2) is 4.99 Å². The molecule has 1 aliphatic heterocycles. The van der Waals surface area contributed by atoms with Crippen LogP contribution >= 0.6 is 22.7 Å². The lowest BCUT2D eigenvalue weighted by molar-refractivity contribution is -0.385. The Morgan fingerprint density at radius 1 is 1.15 bits per heavy atom. The van der Waals surface area contributed by atoms with E-state index in [4.69, 9.17) is 4.99 Å². The molecule has 4 aromatic rings. The van der Waals surface area contributed by atoms with Gasteiger partial charge in [-0.3, -0.25) is 19.5 Å². The summed E-state index contributed by atoms with van der Waals surface area (Å²) in [6.45, 7) is 0. The molecule has 0 unspecified atom stereocenters. The fourth-order valence-corrected chi connectivity index (χ4v) is 6.49. The van der Waals surface area contributed by atoms with Gasteiger partial charge in [-0.05, 0) is 53.1 Å². The first-order chi connectivity index (χ1) is 16.5. The maximum atomic E-state index is 13.6. The van der Waals surface area contributed by atoms with Gasteiger partial charge in [-0.15, -0.1) is 11.3 Å². The van der Waals surface area contributed by atoms with Crippen molar-refractivity contribution in [3.8, 4) is 5.75 Å². The summed E-state index contributed by atoms with van der Waals surface area (Å²) >= 11 is 2.89. The number of hydrogen-bond donors (Lipinski definition) is 1. The molecule has 0 fully saturated rings. The normalized spacial score (nSPS) is 17.1. The van der Waals surface area contributed by atoms with Crippen molar-refractivity contribution in [2.75, 3.05) is 0 Å². The number of aromatic nitrogens is 1. The Labute approximate surface area is 201 Å². The van der Waals surface area contributed by atoms with E-state index in [0.717, 1.165) is 34.6 Å². The van der Waals surface area contributed by atoms with Crippen LogP contribution in [0.2, 0.25) is 0 Å². The highest BCUT2D eigenvalue weighted by atomic mass is 32.1. The summed E-state index contributed by atoms with van der Waals surface area (Å²) in [5, 5.41) is 23.0. The number of nitro benzene ring substituents is 1. The fraction of sp³-hybridized carbons (Fsp3) is 0.120. The van der Waals surface area contributed by atoms with E-state index in [0.29, 0.717) is 14.9 Å². The third-order valence-electron chi connectivity index (χ3n) is 6.18. The molecule has 7 nitrogen and oxygen atoms in total. The molecule has 0 amide bonds. The van der Waals surface area contributed by atoms with Crippen LogP contribution in [0.25, 0.3) is 11.8 Å². The largest absolute Gasteiger partial charge is 0.502 e. The second-order valence-electron chi connectivity index (χ2n) is 8.13.